The number of ether oxygens (including phenoxy) is 2. The number of hydrogen-bond acceptors (Lipinski definition) is 3. The number of esters is 1. The fourth-order valence-electron chi connectivity index (χ4n) is 2.17. The summed E-state index contributed by atoms with van der Waals surface area (Å²) in [6.45, 7) is 6.71. The van der Waals surface area contributed by atoms with Gasteiger partial charge in [0.15, 0.2) is 0 Å². The van der Waals surface area contributed by atoms with E-state index < -0.39 is 23.8 Å². The van der Waals surface area contributed by atoms with Crippen molar-refractivity contribution in [2.24, 2.45) is 0 Å². The van der Waals surface area contributed by atoms with E-state index >= 15 is 0 Å². The van der Waals surface area contributed by atoms with Crippen molar-refractivity contribution in [2.45, 2.75) is 26.1 Å². The number of carbonyl (C=O) groups excluding carboxylic acids is 1. The fraction of sp³-hybridized carbons (Fsp3) is 0.278. The quantitative estimate of drug-likeness (QED) is 0.566. The minimum Gasteiger partial charge on any atom is -0.474 e. The maximum atomic E-state index is 13.4. The molecule has 3 nitrogen and oxygen atoms in total. The minimum atomic E-state index is -4.80. The third-order valence-corrected chi connectivity index (χ3v) is 3.35. The van der Waals surface area contributed by atoms with Crippen LogP contribution in [0.15, 0.2) is 29.9 Å². The normalized spacial score (nSPS) is 15.9. The second-order valence-electron chi connectivity index (χ2n) is 5.26. The molecule has 1 heterocycles. The monoisotopic (exact) mass is 370 g/mol. The highest BCUT2D eigenvalue weighted by Gasteiger charge is 2.49. The number of hydrogen-bond donors (Lipinski definition) is 0. The SMILES string of the molecule is C=C(C)C#Cc1cc(Cl)cc2c1OC(C(F)(F)F)C(C(=O)OCC)=C2. The predicted molar refractivity (Wildman–Crippen MR) is 88.2 cm³/mol. The van der Waals surface area contributed by atoms with E-state index in [2.05, 4.69) is 18.4 Å². The number of halogens is 4. The molecule has 1 atom stereocenters. The molecule has 0 aromatic heterocycles. The van der Waals surface area contributed by atoms with E-state index in [1.165, 1.54) is 19.1 Å². The Labute approximate surface area is 148 Å². The van der Waals surface area contributed by atoms with Gasteiger partial charge in [0, 0.05) is 10.6 Å². The molecule has 1 unspecified atom stereocenters. The van der Waals surface area contributed by atoms with Crippen LogP contribution in [0, 0.1) is 11.8 Å². The Balaban J connectivity index is 2.63. The zero-order valence-electron chi connectivity index (χ0n) is 13.5. The van der Waals surface area contributed by atoms with Gasteiger partial charge in [-0.25, -0.2) is 4.79 Å². The van der Waals surface area contributed by atoms with Crippen LogP contribution in [0.3, 0.4) is 0 Å². The first-order valence-electron chi connectivity index (χ1n) is 7.26. The van der Waals surface area contributed by atoms with E-state index in [4.69, 9.17) is 21.1 Å². The van der Waals surface area contributed by atoms with E-state index in [0.29, 0.717) is 5.57 Å². The number of carbonyl (C=O) groups is 1. The lowest BCUT2D eigenvalue weighted by Gasteiger charge is -2.28. The van der Waals surface area contributed by atoms with Crippen molar-refractivity contribution in [1.29, 1.82) is 0 Å². The molecule has 7 heteroatoms. The van der Waals surface area contributed by atoms with Crippen LogP contribution in [-0.2, 0) is 9.53 Å². The predicted octanol–water partition coefficient (Wildman–Crippen LogP) is 4.54. The number of fused-ring (bicyclic) bond motifs is 1. The Morgan fingerprint density at radius 1 is 1.44 bits per heavy atom. The van der Waals surface area contributed by atoms with Gasteiger partial charge in [0.05, 0.1) is 17.7 Å². The number of benzene rings is 1. The van der Waals surface area contributed by atoms with Crippen LogP contribution >= 0.6 is 11.6 Å². The second-order valence-corrected chi connectivity index (χ2v) is 5.70. The Hall–Kier alpha value is -2.39. The van der Waals surface area contributed by atoms with Crippen LogP contribution in [-0.4, -0.2) is 24.9 Å². The molecule has 0 N–H and O–H groups in total. The average Bonchev–Trinajstić information content (AvgIpc) is 2.50. The zero-order chi connectivity index (χ0) is 18.8. The van der Waals surface area contributed by atoms with Gasteiger partial charge >= 0.3 is 12.1 Å². The van der Waals surface area contributed by atoms with Crippen molar-refractivity contribution in [3.8, 4) is 17.6 Å². The van der Waals surface area contributed by atoms with Crippen LogP contribution in [0.2, 0.25) is 5.02 Å². The molecule has 0 bridgehead atoms. The smallest absolute Gasteiger partial charge is 0.430 e. The van der Waals surface area contributed by atoms with Gasteiger partial charge in [-0.1, -0.05) is 30.0 Å². The summed E-state index contributed by atoms with van der Waals surface area (Å²) in [4.78, 5) is 11.9. The van der Waals surface area contributed by atoms with Gasteiger partial charge < -0.3 is 9.47 Å². The molecule has 0 radical (unpaired) electrons. The molecule has 0 spiro atoms. The first-order valence-corrected chi connectivity index (χ1v) is 7.64. The van der Waals surface area contributed by atoms with Gasteiger partial charge in [0.25, 0.3) is 0 Å². The van der Waals surface area contributed by atoms with E-state index in [-0.39, 0.29) is 28.5 Å². The summed E-state index contributed by atoms with van der Waals surface area (Å²) in [5, 5.41) is 0.248. The van der Waals surface area contributed by atoms with Gasteiger partial charge in [0.2, 0.25) is 6.10 Å². The summed E-state index contributed by atoms with van der Waals surface area (Å²) in [5.41, 5.74) is 0.295. The standard InChI is InChI=1S/C18H14ClF3O3/c1-4-24-17(23)14-9-12-8-13(19)7-11(6-5-10(2)3)15(12)25-16(14)18(20,21)22/h7-9,16H,2,4H2,1,3H3. The number of rotatable bonds is 2. The van der Waals surface area contributed by atoms with Crippen LogP contribution in [0.25, 0.3) is 6.08 Å². The fourth-order valence-corrected chi connectivity index (χ4v) is 2.40. The van der Waals surface area contributed by atoms with Crippen molar-refractivity contribution in [3.63, 3.8) is 0 Å². The summed E-state index contributed by atoms with van der Waals surface area (Å²) < 4.78 is 49.9. The van der Waals surface area contributed by atoms with E-state index in [1.807, 2.05) is 0 Å². The Kier molecular flexibility index (Phi) is 5.48. The molecule has 1 aliphatic rings. The maximum absolute atomic E-state index is 13.4. The molecule has 0 fully saturated rings. The first-order chi connectivity index (χ1) is 11.6. The number of allylic oxidation sites excluding steroid dienone is 1. The summed E-state index contributed by atoms with van der Waals surface area (Å²) in [5.74, 6) is 4.17. The topological polar surface area (TPSA) is 35.5 Å². The van der Waals surface area contributed by atoms with Crippen molar-refractivity contribution >= 4 is 23.6 Å². The third kappa shape index (κ3) is 4.37. The lowest BCUT2D eigenvalue weighted by atomic mass is 9.98. The molecule has 132 valence electrons. The van der Waals surface area contributed by atoms with Crippen LogP contribution in [0.1, 0.15) is 25.0 Å². The van der Waals surface area contributed by atoms with Crippen molar-refractivity contribution < 1.29 is 27.4 Å². The molecule has 0 amide bonds. The summed E-state index contributed by atoms with van der Waals surface area (Å²) >= 11 is 6.00. The Morgan fingerprint density at radius 3 is 2.68 bits per heavy atom. The average molecular weight is 371 g/mol. The highest BCUT2D eigenvalue weighted by atomic mass is 35.5. The van der Waals surface area contributed by atoms with Crippen LogP contribution < -0.4 is 4.74 Å². The molecule has 0 saturated heterocycles. The molecule has 0 aliphatic carbocycles. The van der Waals surface area contributed by atoms with E-state index in [9.17, 15) is 18.0 Å². The van der Waals surface area contributed by atoms with Crippen molar-refractivity contribution in [1.82, 2.24) is 0 Å². The molecule has 2 rings (SSSR count). The van der Waals surface area contributed by atoms with Gasteiger partial charge in [0.1, 0.15) is 5.75 Å². The first kappa shape index (κ1) is 18.9. The molecular formula is C18H14ClF3O3. The maximum Gasteiger partial charge on any atom is 0.430 e. The molecule has 25 heavy (non-hydrogen) atoms. The Bertz CT molecular complexity index is 813. The lowest BCUT2D eigenvalue weighted by Crippen LogP contribution is -2.41. The third-order valence-electron chi connectivity index (χ3n) is 3.13. The highest BCUT2D eigenvalue weighted by Crippen LogP contribution is 2.40. The van der Waals surface area contributed by atoms with Crippen LogP contribution in [0.4, 0.5) is 13.2 Å². The van der Waals surface area contributed by atoms with E-state index in [1.54, 1.807) is 6.92 Å². The molecule has 1 aromatic rings. The highest BCUT2D eigenvalue weighted by molar-refractivity contribution is 6.31. The van der Waals surface area contributed by atoms with Gasteiger partial charge in [-0.2, -0.15) is 13.2 Å². The molecule has 0 saturated carbocycles. The zero-order valence-corrected chi connectivity index (χ0v) is 14.2. The van der Waals surface area contributed by atoms with E-state index in [0.717, 1.165) is 6.08 Å². The van der Waals surface area contributed by atoms with Gasteiger partial charge in [-0.15, -0.1) is 0 Å². The lowest BCUT2D eigenvalue weighted by molar-refractivity contribution is -0.187. The largest absolute Gasteiger partial charge is 0.474 e. The Morgan fingerprint density at radius 2 is 2.12 bits per heavy atom. The summed E-state index contributed by atoms with van der Waals surface area (Å²) in [6.07, 6.45) is -6.16. The summed E-state index contributed by atoms with van der Waals surface area (Å²) in [7, 11) is 0. The summed E-state index contributed by atoms with van der Waals surface area (Å²) in [6, 6.07) is 2.79. The second kappa shape index (κ2) is 7.24. The van der Waals surface area contributed by atoms with Crippen molar-refractivity contribution in [2.75, 3.05) is 6.61 Å². The molecular weight excluding hydrogens is 357 g/mol. The van der Waals surface area contributed by atoms with Gasteiger partial charge in [-0.05, 0) is 37.6 Å². The molecule has 1 aromatic carbocycles. The minimum absolute atomic E-state index is 0.0571. The van der Waals surface area contributed by atoms with Gasteiger partial charge in [-0.3, -0.25) is 0 Å². The van der Waals surface area contributed by atoms with Crippen LogP contribution in [0.5, 0.6) is 5.75 Å². The number of alkyl halides is 3. The van der Waals surface area contributed by atoms with Crippen molar-refractivity contribution in [3.05, 3.63) is 46.0 Å². The molecule has 1 aliphatic heterocycles.